The Morgan fingerprint density at radius 1 is 0.821 bits per heavy atom. The second kappa shape index (κ2) is 11.3. The number of unbranched alkanes of at least 4 members (excludes halogenated alkanes) is 11. The van der Waals surface area contributed by atoms with Crippen molar-refractivity contribution in [2.45, 2.75) is 103 Å². The molecule has 3 heterocycles. The Morgan fingerprint density at radius 3 is 2.04 bits per heavy atom. The van der Waals surface area contributed by atoms with Crippen LogP contribution in [0, 0.1) is 17.8 Å². The zero-order valence-corrected chi connectivity index (χ0v) is 17.5. The highest BCUT2D eigenvalue weighted by Crippen LogP contribution is 2.50. The molecule has 160 valence electrons. The zero-order valence-electron chi connectivity index (χ0n) is 17.5. The molecule has 0 unspecified atom stereocenters. The second-order valence-electron chi connectivity index (χ2n) is 8.89. The lowest BCUT2D eigenvalue weighted by atomic mass is 9.75. The van der Waals surface area contributed by atoms with E-state index in [2.05, 4.69) is 6.92 Å². The summed E-state index contributed by atoms with van der Waals surface area (Å²) in [5, 5.41) is 0. The maximum Gasteiger partial charge on any atom is 0.320 e. The van der Waals surface area contributed by atoms with E-state index < -0.39 is 11.9 Å². The Kier molecular flexibility index (Phi) is 8.78. The molecule has 0 saturated carbocycles. The Labute approximate surface area is 169 Å². The fourth-order valence-electron chi connectivity index (χ4n) is 5.10. The van der Waals surface area contributed by atoms with Gasteiger partial charge in [0.15, 0.2) is 0 Å². The van der Waals surface area contributed by atoms with Crippen molar-refractivity contribution in [2.75, 3.05) is 13.2 Å². The van der Waals surface area contributed by atoms with Crippen LogP contribution in [0.15, 0.2) is 0 Å². The number of ether oxygens (including phenoxy) is 3. The highest BCUT2D eigenvalue weighted by Gasteiger charge is 2.64. The predicted molar refractivity (Wildman–Crippen MR) is 107 cm³/mol. The first-order chi connectivity index (χ1) is 13.7. The van der Waals surface area contributed by atoms with E-state index in [1.54, 1.807) is 0 Å². The van der Waals surface area contributed by atoms with E-state index in [1.807, 2.05) is 0 Å². The molecule has 3 fully saturated rings. The molecule has 0 aromatic carbocycles. The molecule has 3 aliphatic heterocycles. The maximum atomic E-state index is 11.8. The monoisotopic (exact) mass is 394 g/mol. The summed E-state index contributed by atoms with van der Waals surface area (Å²) in [6.45, 7) is 3.68. The Bertz CT molecular complexity index is 505. The Morgan fingerprint density at radius 2 is 1.39 bits per heavy atom. The van der Waals surface area contributed by atoms with Gasteiger partial charge in [0, 0.05) is 12.5 Å². The number of esters is 2. The summed E-state index contributed by atoms with van der Waals surface area (Å²) in [4.78, 5) is 23.5. The maximum absolute atomic E-state index is 11.8. The molecular weight excluding hydrogens is 356 g/mol. The van der Waals surface area contributed by atoms with Gasteiger partial charge >= 0.3 is 11.9 Å². The molecule has 0 radical (unpaired) electrons. The van der Waals surface area contributed by atoms with Crippen molar-refractivity contribution in [3.8, 4) is 0 Å². The summed E-state index contributed by atoms with van der Waals surface area (Å²) in [5.41, 5.74) is 0. The SMILES string of the molecule is CCCCCCCCCCCCCCOC[C@H]1C[C@@H]2O[C@H]1[C@H]1C(=O)OC(=O)[C@H]12. The average Bonchev–Trinajstić information content (AvgIpc) is 3.34. The molecule has 0 aliphatic carbocycles. The van der Waals surface area contributed by atoms with Crippen molar-refractivity contribution in [3.05, 3.63) is 0 Å². The van der Waals surface area contributed by atoms with Crippen LogP contribution < -0.4 is 0 Å². The average molecular weight is 395 g/mol. The largest absolute Gasteiger partial charge is 0.393 e. The van der Waals surface area contributed by atoms with Gasteiger partial charge in [-0.15, -0.1) is 0 Å². The normalized spacial score (nSPS) is 30.8. The Hall–Kier alpha value is -0.940. The molecule has 28 heavy (non-hydrogen) atoms. The van der Waals surface area contributed by atoms with E-state index in [-0.39, 0.29) is 30.0 Å². The molecule has 5 atom stereocenters. The summed E-state index contributed by atoms with van der Waals surface area (Å²) in [7, 11) is 0. The minimum Gasteiger partial charge on any atom is -0.393 e. The zero-order chi connectivity index (χ0) is 19.8. The first kappa shape index (κ1) is 21.8. The number of hydrogen-bond donors (Lipinski definition) is 0. The van der Waals surface area contributed by atoms with E-state index in [4.69, 9.17) is 14.2 Å². The lowest BCUT2D eigenvalue weighted by molar-refractivity contribution is -0.156. The van der Waals surface area contributed by atoms with Crippen LogP contribution in [0.2, 0.25) is 0 Å². The summed E-state index contributed by atoms with van der Waals surface area (Å²) < 4.78 is 16.5. The van der Waals surface area contributed by atoms with Gasteiger partial charge in [0.2, 0.25) is 0 Å². The highest BCUT2D eigenvalue weighted by molar-refractivity contribution is 5.98. The molecule has 0 aromatic heterocycles. The van der Waals surface area contributed by atoms with Gasteiger partial charge in [-0.25, -0.2) is 0 Å². The number of rotatable bonds is 15. The fraction of sp³-hybridized carbons (Fsp3) is 0.913. The summed E-state index contributed by atoms with van der Waals surface area (Å²) in [6.07, 6.45) is 16.6. The van der Waals surface area contributed by atoms with Crippen LogP contribution in [0.3, 0.4) is 0 Å². The van der Waals surface area contributed by atoms with Crippen molar-refractivity contribution in [1.82, 2.24) is 0 Å². The van der Waals surface area contributed by atoms with Gasteiger partial charge in [-0.2, -0.15) is 0 Å². The van der Waals surface area contributed by atoms with Crippen LogP contribution in [-0.2, 0) is 23.8 Å². The molecule has 0 N–H and O–H groups in total. The number of carbonyl (C=O) groups is 2. The van der Waals surface area contributed by atoms with Gasteiger partial charge in [-0.05, 0) is 12.8 Å². The van der Waals surface area contributed by atoms with E-state index in [0.29, 0.717) is 6.61 Å². The van der Waals surface area contributed by atoms with Crippen molar-refractivity contribution in [1.29, 1.82) is 0 Å². The third-order valence-corrected chi connectivity index (χ3v) is 6.69. The molecule has 0 aromatic rings. The van der Waals surface area contributed by atoms with Gasteiger partial charge < -0.3 is 14.2 Å². The third-order valence-electron chi connectivity index (χ3n) is 6.69. The molecule has 3 rings (SSSR count). The third kappa shape index (κ3) is 5.56. The number of cyclic esters (lactones) is 2. The molecule has 0 amide bonds. The quantitative estimate of drug-likeness (QED) is 0.227. The van der Waals surface area contributed by atoms with Crippen LogP contribution >= 0.6 is 0 Å². The minimum absolute atomic E-state index is 0.144. The molecular formula is C23H38O5. The standard InChI is InChI=1S/C23H38O5/c1-2-3-4-5-6-7-8-9-10-11-12-13-14-26-16-17-15-18-19-20(21(17)27-18)23(25)28-22(19)24/h17-21H,2-16H2,1H3/t17-,18+,19+,20+,21-/m1/s1. The molecule has 5 nitrogen and oxygen atoms in total. The van der Waals surface area contributed by atoms with Crippen molar-refractivity contribution in [2.24, 2.45) is 17.8 Å². The minimum atomic E-state index is -0.395. The number of fused-ring (bicyclic) bond motifs is 5. The fourth-order valence-corrected chi connectivity index (χ4v) is 5.10. The molecule has 5 heteroatoms. The van der Waals surface area contributed by atoms with Gasteiger partial charge in [0.05, 0.1) is 30.7 Å². The Balaban J connectivity index is 1.13. The molecule has 3 saturated heterocycles. The van der Waals surface area contributed by atoms with Crippen LogP contribution in [0.25, 0.3) is 0 Å². The first-order valence-corrected chi connectivity index (χ1v) is 11.7. The van der Waals surface area contributed by atoms with E-state index in [0.717, 1.165) is 19.4 Å². The second-order valence-corrected chi connectivity index (χ2v) is 8.89. The van der Waals surface area contributed by atoms with Gasteiger partial charge in [-0.3, -0.25) is 9.59 Å². The van der Waals surface area contributed by atoms with Crippen molar-refractivity contribution in [3.63, 3.8) is 0 Å². The predicted octanol–water partition coefficient (Wildman–Crippen LogP) is 4.81. The van der Waals surface area contributed by atoms with E-state index >= 15 is 0 Å². The summed E-state index contributed by atoms with van der Waals surface area (Å²) in [5.74, 6) is -1.30. The van der Waals surface area contributed by atoms with Crippen LogP contribution in [-0.4, -0.2) is 37.4 Å². The van der Waals surface area contributed by atoms with E-state index in [1.165, 1.54) is 70.6 Å². The van der Waals surface area contributed by atoms with Gasteiger partial charge in [0.1, 0.15) is 0 Å². The number of carbonyl (C=O) groups excluding carboxylic acids is 2. The molecule has 2 bridgehead atoms. The topological polar surface area (TPSA) is 61.8 Å². The van der Waals surface area contributed by atoms with Gasteiger partial charge in [-0.1, -0.05) is 77.6 Å². The lowest BCUT2D eigenvalue weighted by Crippen LogP contribution is -2.37. The van der Waals surface area contributed by atoms with Crippen molar-refractivity contribution >= 4 is 11.9 Å². The van der Waals surface area contributed by atoms with Crippen molar-refractivity contribution < 1.29 is 23.8 Å². The van der Waals surface area contributed by atoms with Crippen LogP contribution in [0.1, 0.15) is 90.4 Å². The van der Waals surface area contributed by atoms with E-state index in [9.17, 15) is 9.59 Å². The smallest absolute Gasteiger partial charge is 0.320 e. The lowest BCUT2D eigenvalue weighted by Gasteiger charge is -2.23. The molecule has 3 aliphatic rings. The summed E-state index contributed by atoms with van der Waals surface area (Å²) >= 11 is 0. The molecule has 0 spiro atoms. The van der Waals surface area contributed by atoms with Gasteiger partial charge in [0.25, 0.3) is 0 Å². The highest BCUT2D eigenvalue weighted by atomic mass is 16.6. The van der Waals surface area contributed by atoms with Crippen LogP contribution in [0.5, 0.6) is 0 Å². The first-order valence-electron chi connectivity index (χ1n) is 11.7. The van der Waals surface area contributed by atoms with Crippen LogP contribution in [0.4, 0.5) is 0 Å². The number of hydrogen-bond acceptors (Lipinski definition) is 5. The summed E-state index contributed by atoms with van der Waals surface area (Å²) in [6, 6.07) is 0.